The number of carbonyl (C=O) groups excluding carboxylic acids is 1. The van der Waals surface area contributed by atoms with Gasteiger partial charge in [0.2, 0.25) is 0 Å². The van der Waals surface area contributed by atoms with E-state index >= 15 is 0 Å². The van der Waals surface area contributed by atoms with Crippen LogP contribution in [0.3, 0.4) is 0 Å². The lowest BCUT2D eigenvalue weighted by atomic mass is 9.87. The first-order chi connectivity index (χ1) is 8.87. The molecule has 0 spiro atoms. The largest absolute Gasteiger partial charge is 0.444 e. The van der Waals surface area contributed by atoms with Gasteiger partial charge in [0.25, 0.3) is 0 Å². The smallest absolute Gasteiger partial charge is 0.410 e. The molecule has 2 atom stereocenters. The van der Waals surface area contributed by atoms with Crippen molar-refractivity contribution in [2.75, 3.05) is 13.1 Å². The lowest BCUT2D eigenvalue weighted by Crippen LogP contribution is -2.48. The van der Waals surface area contributed by atoms with Gasteiger partial charge in [-0.3, -0.25) is 0 Å². The van der Waals surface area contributed by atoms with Crippen LogP contribution in [0.5, 0.6) is 0 Å². The second kappa shape index (κ2) is 7.13. The zero-order chi connectivity index (χ0) is 14.5. The van der Waals surface area contributed by atoms with Crippen LogP contribution in [0.15, 0.2) is 0 Å². The van der Waals surface area contributed by atoms with Gasteiger partial charge in [-0.25, -0.2) is 4.79 Å². The molecule has 0 aromatic rings. The van der Waals surface area contributed by atoms with Crippen LogP contribution < -0.4 is 5.73 Å². The molecule has 0 aromatic carbocycles. The number of carbonyl (C=O) groups is 1. The fraction of sp³-hybridized carbons (Fsp3) is 0.933. The molecule has 1 rings (SSSR count). The van der Waals surface area contributed by atoms with Gasteiger partial charge in [0.15, 0.2) is 0 Å². The lowest BCUT2D eigenvalue weighted by molar-refractivity contribution is 0.00303. The van der Waals surface area contributed by atoms with Crippen molar-refractivity contribution in [2.45, 2.75) is 71.4 Å². The molecular formula is C15H30N2O2. The fourth-order valence-corrected chi connectivity index (χ4v) is 2.80. The molecule has 0 aromatic heterocycles. The first kappa shape index (κ1) is 16.3. The molecule has 2 N–H and O–H groups in total. The zero-order valence-electron chi connectivity index (χ0n) is 12.9. The fourth-order valence-electron chi connectivity index (χ4n) is 2.80. The van der Waals surface area contributed by atoms with Gasteiger partial charge >= 0.3 is 6.09 Å². The maximum atomic E-state index is 12.2. The predicted octanol–water partition coefficient (Wildman–Crippen LogP) is 3.15. The van der Waals surface area contributed by atoms with E-state index in [-0.39, 0.29) is 6.09 Å². The summed E-state index contributed by atoms with van der Waals surface area (Å²) in [5, 5.41) is 0. The number of hydrogen-bond acceptors (Lipinski definition) is 3. The molecule has 1 aliphatic heterocycles. The summed E-state index contributed by atoms with van der Waals surface area (Å²) in [5.74, 6) is 0.667. The highest BCUT2D eigenvalue weighted by molar-refractivity contribution is 5.68. The van der Waals surface area contributed by atoms with Crippen LogP contribution in [0.25, 0.3) is 0 Å². The zero-order valence-corrected chi connectivity index (χ0v) is 12.9. The van der Waals surface area contributed by atoms with Crippen LogP contribution >= 0.6 is 0 Å². The molecule has 1 fully saturated rings. The third-order valence-corrected chi connectivity index (χ3v) is 3.65. The highest BCUT2D eigenvalue weighted by atomic mass is 16.6. The summed E-state index contributed by atoms with van der Waals surface area (Å²) >= 11 is 0. The molecular weight excluding hydrogens is 240 g/mol. The molecule has 19 heavy (non-hydrogen) atoms. The molecule has 0 bridgehead atoms. The Hall–Kier alpha value is -0.770. The average molecular weight is 270 g/mol. The molecule has 2 unspecified atom stereocenters. The normalized spacial score (nSPS) is 24.4. The Kier molecular flexibility index (Phi) is 6.11. The van der Waals surface area contributed by atoms with E-state index in [9.17, 15) is 4.79 Å². The number of piperidine rings is 1. The van der Waals surface area contributed by atoms with Crippen molar-refractivity contribution in [3.8, 4) is 0 Å². The van der Waals surface area contributed by atoms with E-state index in [1.807, 2.05) is 25.7 Å². The average Bonchev–Trinajstić information content (AvgIpc) is 2.27. The second-order valence-corrected chi connectivity index (χ2v) is 6.58. The molecule has 112 valence electrons. The highest BCUT2D eigenvalue weighted by Crippen LogP contribution is 2.29. The van der Waals surface area contributed by atoms with E-state index in [0.717, 1.165) is 45.2 Å². The van der Waals surface area contributed by atoms with Crippen molar-refractivity contribution in [3.63, 3.8) is 0 Å². The standard InChI is InChI=1S/C15H30N2O2/c1-5-6-13-11-12(7-9-16)8-10-17(13)14(18)19-15(2,3)4/h12-13H,5-11,16H2,1-4H3. The number of ether oxygens (including phenoxy) is 1. The van der Waals surface area contributed by atoms with E-state index in [0.29, 0.717) is 12.0 Å². The summed E-state index contributed by atoms with van der Waals surface area (Å²) in [7, 11) is 0. The third-order valence-electron chi connectivity index (χ3n) is 3.65. The van der Waals surface area contributed by atoms with Gasteiger partial charge in [-0.1, -0.05) is 13.3 Å². The summed E-state index contributed by atoms with van der Waals surface area (Å²) in [6.45, 7) is 9.47. The van der Waals surface area contributed by atoms with Crippen molar-refractivity contribution >= 4 is 6.09 Å². The van der Waals surface area contributed by atoms with Gasteiger partial charge in [0, 0.05) is 12.6 Å². The van der Waals surface area contributed by atoms with Crippen molar-refractivity contribution in [1.82, 2.24) is 4.90 Å². The highest BCUT2D eigenvalue weighted by Gasteiger charge is 2.33. The van der Waals surface area contributed by atoms with Crippen LogP contribution in [-0.2, 0) is 4.74 Å². The molecule has 1 amide bonds. The first-order valence-corrected chi connectivity index (χ1v) is 7.57. The molecule has 0 saturated carbocycles. The van der Waals surface area contributed by atoms with Gasteiger partial charge in [0.05, 0.1) is 0 Å². The maximum absolute atomic E-state index is 12.2. The molecule has 4 heteroatoms. The summed E-state index contributed by atoms with van der Waals surface area (Å²) in [5.41, 5.74) is 5.24. The number of nitrogens with two attached hydrogens (primary N) is 1. The van der Waals surface area contributed by atoms with E-state index < -0.39 is 5.60 Å². The monoisotopic (exact) mass is 270 g/mol. The summed E-state index contributed by atoms with van der Waals surface area (Å²) in [6.07, 6.45) is 5.19. The minimum absolute atomic E-state index is 0.155. The van der Waals surface area contributed by atoms with E-state index in [1.165, 1.54) is 0 Å². The number of likely N-dealkylation sites (tertiary alicyclic amines) is 1. The summed E-state index contributed by atoms with van der Waals surface area (Å²) in [6, 6.07) is 0.324. The topological polar surface area (TPSA) is 55.6 Å². The summed E-state index contributed by atoms with van der Waals surface area (Å²) in [4.78, 5) is 14.2. The molecule has 0 radical (unpaired) electrons. The minimum atomic E-state index is -0.415. The van der Waals surface area contributed by atoms with Crippen molar-refractivity contribution in [1.29, 1.82) is 0 Å². The van der Waals surface area contributed by atoms with Crippen LogP contribution in [-0.4, -0.2) is 35.7 Å². The van der Waals surface area contributed by atoms with Gasteiger partial charge in [-0.15, -0.1) is 0 Å². The van der Waals surface area contributed by atoms with Crippen molar-refractivity contribution < 1.29 is 9.53 Å². The Bertz CT molecular complexity index is 286. The quantitative estimate of drug-likeness (QED) is 0.853. The minimum Gasteiger partial charge on any atom is -0.444 e. The first-order valence-electron chi connectivity index (χ1n) is 7.57. The lowest BCUT2D eigenvalue weighted by Gasteiger charge is -2.40. The van der Waals surface area contributed by atoms with E-state index in [2.05, 4.69) is 6.92 Å². The number of hydrogen-bond donors (Lipinski definition) is 1. The second-order valence-electron chi connectivity index (χ2n) is 6.58. The Balaban J connectivity index is 2.63. The molecule has 0 aliphatic carbocycles. The Morgan fingerprint density at radius 3 is 2.58 bits per heavy atom. The maximum Gasteiger partial charge on any atom is 0.410 e. The van der Waals surface area contributed by atoms with Crippen molar-refractivity contribution in [3.05, 3.63) is 0 Å². The van der Waals surface area contributed by atoms with Crippen LogP contribution in [0, 0.1) is 5.92 Å². The summed E-state index contributed by atoms with van der Waals surface area (Å²) < 4.78 is 5.51. The molecule has 4 nitrogen and oxygen atoms in total. The molecule has 1 aliphatic rings. The number of rotatable bonds is 4. The van der Waals surface area contributed by atoms with Crippen LogP contribution in [0.4, 0.5) is 4.79 Å². The van der Waals surface area contributed by atoms with Gasteiger partial charge in [0.1, 0.15) is 5.60 Å². The SMILES string of the molecule is CCCC1CC(CCN)CCN1C(=O)OC(C)(C)C. The van der Waals surface area contributed by atoms with Crippen LogP contribution in [0.1, 0.15) is 59.8 Å². The Morgan fingerprint density at radius 1 is 1.37 bits per heavy atom. The van der Waals surface area contributed by atoms with Gasteiger partial charge in [-0.05, 0) is 58.9 Å². The molecule has 1 heterocycles. The van der Waals surface area contributed by atoms with Gasteiger partial charge in [-0.2, -0.15) is 0 Å². The number of nitrogens with zero attached hydrogens (tertiary/aromatic N) is 1. The number of amides is 1. The van der Waals surface area contributed by atoms with Crippen molar-refractivity contribution in [2.24, 2.45) is 11.7 Å². The van der Waals surface area contributed by atoms with E-state index in [1.54, 1.807) is 0 Å². The van der Waals surface area contributed by atoms with Gasteiger partial charge < -0.3 is 15.4 Å². The predicted molar refractivity (Wildman–Crippen MR) is 78.0 cm³/mol. The van der Waals surface area contributed by atoms with E-state index in [4.69, 9.17) is 10.5 Å². The molecule has 1 saturated heterocycles. The third kappa shape index (κ3) is 5.39. The van der Waals surface area contributed by atoms with Crippen LogP contribution in [0.2, 0.25) is 0 Å². The Labute approximate surface area is 117 Å². The Morgan fingerprint density at radius 2 is 2.05 bits per heavy atom.